The number of nitrogens with one attached hydrogen (secondary N) is 1. The number of rotatable bonds is 6. The van der Waals surface area contributed by atoms with Crippen LogP contribution in [0.2, 0.25) is 5.15 Å². The summed E-state index contributed by atoms with van der Waals surface area (Å²) in [5.41, 5.74) is 0. The number of nitrogens with zero attached hydrogens (tertiary/aromatic N) is 2. The smallest absolute Gasteiger partial charge is 0.134 e. The van der Waals surface area contributed by atoms with Crippen molar-refractivity contribution in [3.8, 4) is 0 Å². The molecule has 0 amide bonds. The number of halogens is 1. The van der Waals surface area contributed by atoms with Gasteiger partial charge in [0.2, 0.25) is 0 Å². The lowest BCUT2D eigenvalue weighted by Gasteiger charge is -2.15. The molecule has 1 aromatic heterocycles. The number of aryl methyl sites for hydroxylation is 1. The third-order valence-corrected chi connectivity index (χ3v) is 2.81. The SMILES string of the molecule is Cc1nc(Cl)cc(NC(C)CCCC(C)C)n1. The first-order chi connectivity index (χ1) is 7.97. The van der Waals surface area contributed by atoms with Crippen molar-refractivity contribution in [3.05, 3.63) is 17.0 Å². The molecule has 0 saturated carbocycles. The molecule has 96 valence electrons. The van der Waals surface area contributed by atoms with E-state index >= 15 is 0 Å². The highest BCUT2D eigenvalue weighted by Crippen LogP contribution is 2.15. The van der Waals surface area contributed by atoms with Crippen LogP contribution in [-0.4, -0.2) is 16.0 Å². The highest BCUT2D eigenvalue weighted by molar-refractivity contribution is 6.29. The molecule has 1 aromatic rings. The maximum atomic E-state index is 5.89. The van der Waals surface area contributed by atoms with Gasteiger partial charge in [-0.25, -0.2) is 9.97 Å². The van der Waals surface area contributed by atoms with Gasteiger partial charge in [0, 0.05) is 12.1 Å². The van der Waals surface area contributed by atoms with Crippen LogP contribution in [0.5, 0.6) is 0 Å². The molecular weight excluding hydrogens is 234 g/mol. The number of hydrogen-bond donors (Lipinski definition) is 1. The van der Waals surface area contributed by atoms with E-state index in [-0.39, 0.29) is 0 Å². The second kappa shape index (κ2) is 6.80. The third-order valence-electron chi connectivity index (χ3n) is 2.62. The Kier molecular flexibility index (Phi) is 5.69. The van der Waals surface area contributed by atoms with E-state index in [0.717, 1.165) is 18.2 Å². The minimum absolute atomic E-state index is 0.416. The van der Waals surface area contributed by atoms with Gasteiger partial charge in [-0.1, -0.05) is 38.3 Å². The normalized spacial score (nSPS) is 12.8. The summed E-state index contributed by atoms with van der Waals surface area (Å²) in [6.07, 6.45) is 3.66. The van der Waals surface area contributed by atoms with Crippen LogP contribution in [-0.2, 0) is 0 Å². The second-order valence-electron chi connectivity index (χ2n) is 4.99. The molecule has 0 aliphatic rings. The zero-order valence-corrected chi connectivity index (χ0v) is 11.9. The molecule has 1 rings (SSSR count). The summed E-state index contributed by atoms with van der Waals surface area (Å²) in [4.78, 5) is 8.35. The predicted octanol–water partition coefficient (Wildman–Crippen LogP) is 4.07. The Morgan fingerprint density at radius 2 is 1.94 bits per heavy atom. The highest BCUT2D eigenvalue weighted by atomic mass is 35.5. The highest BCUT2D eigenvalue weighted by Gasteiger charge is 2.05. The maximum absolute atomic E-state index is 5.89. The van der Waals surface area contributed by atoms with Gasteiger partial charge in [-0.2, -0.15) is 0 Å². The van der Waals surface area contributed by atoms with Crippen LogP contribution in [0.15, 0.2) is 6.07 Å². The topological polar surface area (TPSA) is 37.8 Å². The van der Waals surface area contributed by atoms with Crippen molar-refractivity contribution in [1.29, 1.82) is 0 Å². The Balaban J connectivity index is 2.42. The number of hydrogen-bond acceptors (Lipinski definition) is 3. The van der Waals surface area contributed by atoms with Crippen LogP contribution in [0, 0.1) is 12.8 Å². The van der Waals surface area contributed by atoms with Gasteiger partial charge in [0.25, 0.3) is 0 Å². The molecule has 4 heteroatoms. The van der Waals surface area contributed by atoms with E-state index in [9.17, 15) is 0 Å². The summed E-state index contributed by atoms with van der Waals surface area (Å²) in [6, 6.07) is 2.19. The molecule has 0 spiro atoms. The van der Waals surface area contributed by atoms with E-state index in [1.807, 2.05) is 6.92 Å². The second-order valence-corrected chi connectivity index (χ2v) is 5.38. The summed E-state index contributed by atoms with van der Waals surface area (Å²) in [6.45, 7) is 8.53. The molecular formula is C13H22ClN3. The zero-order chi connectivity index (χ0) is 12.8. The summed E-state index contributed by atoms with van der Waals surface area (Å²) in [5.74, 6) is 2.30. The van der Waals surface area contributed by atoms with Gasteiger partial charge in [0.1, 0.15) is 16.8 Å². The molecule has 1 atom stereocenters. The monoisotopic (exact) mass is 255 g/mol. The van der Waals surface area contributed by atoms with Gasteiger partial charge in [-0.05, 0) is 26.2 Å². The van der Waals surface area contributed by atoms with E-state index in [2.05, 4.69) is 36.1 Å². The van der Waals surface area contributed by atoms with Gasteiger partial charge >= 0.3 is 0 Å². The lowest BCUT2D eigenvalue weighted by molar-refractivity contribution is 0.520. The standard InChI is InChI=1S/C13H22ClN3/c1-9(2)6-5-7-10(3)15-13-8-12(14)16-11(4)17-13/h8-10H,5-7H2,1-4H3,(H,15,16,17). The van der Waals surface area contributed by atoms with E-state index in [1.54, 1.807) is 6.07 Å². The summed E-state index contributed by atoms with van der Waals surface area (Å²) in [7, 11) is 0. The van der Waals surface area contributed by atoms with Crippen LogP contribution in [0.4, 0.5) is 5.82 Å². The quantitative estimate of drug-likeness (QED) is 0.779. The average Bonchev–Trinajstić information content (AvgIpc) is 2.14. The van der Waals surface area contributed by atoms with Crippen molar-refractivity contribution in [2.75, 3.05) is 5.32 Å². The van der Waals surface area contributed by atoms with E-state index in [4.69, 9.17) is 11.6 Å². The largest absolute Gasteiger partial charge is 0.367 e. The Morgan fingerprint density at radius 3 is 2.53 bits per heavy atom. The lowest BCUT2D eigenvalue weighted by Crippen LogP contribution is -2.16. The van der Waals surface area contributed by atoms with Gasteiger partial charge in [0.15, 0.2) is 0 Å². The predicted molar refractivity (Wildman–Crippen MR) is 73.6 cm³/mol. The Morgan fingerprint density at radius 1 is 1.24 bits per heavy atom. The molecule has 0 bridgehead atoms. The van der Waals surface area contributed by atoms with Crippen molar-refractivity contribution in [1.82, 2.24) is 9.97 Å². The number of aromatic nitrogens is 2. The molecule has 0 saturated heterocycles. The molecule has 0 aliphatic heterocycles. The minimum atomic E-state index is 0.416. The third kappa shape index (κ3) is 5.87. The van der Waals surface area contributed by atoms with Crippen molar-refractivity contribution < 1.29 is 0 Å². The average molecular weight is 256 g/mol. The van der Waals surface area contributed by atoms with Crippen LogP contribution in [0.25, 0.3) is 0 Å². The van der Waals surface area contributed by atoms with Gasteiger partial charge in [-0.3, -0.25) is 0 Å². The minimum Gasteiger partial charge on any atom is -0.367 e. The van der Waals surface area contributed by atoms with Crippen molar-refractivity contribution in [3.63, 3.8) is 0 Å². The fourth-order valence-corrected chi connectivity index (χ4v) is 1.99. The van der Waals surface area contributed by atoms with Crippen molar-refractivity contribution in [2.45, 2.75) is 53.0 Å². The van der Waals surface area contributed by atoms with Gasteiger partial charge < -0.3 is 5.32 Å². The first-order valence-electron chi connectivity index (χ1n) is 6.25. The number of anilines is 1. The van der Waals surface area contributed by atoms with Crippen LogP contribution in [0.1, 0.15) is 45.9 Å². The van der Waals surface area contributed by atoms with E-state index < -0.39 is 0 Å². The molecule has 1 unspecified atom stereocenters. The lowest BCUT2D eigenvalue weighted by atomic mass is 10.0. The van der Waals surface area contributed by atoms with Gasteiger partial charge in [-0.15, -0.1) is 0 Å². The Labute approximate surface area is 109 Å². The molecule has 1 N–H and O–H groups in total. The summed E-state index contributed by atoms with van der Waals surface area (Å²) >= 11 is 5.89. The van der Waals surface area contributed by atoms with E-state index in [0.29, 0.717) is 17.0 Å². The van der Waals surface area contributed by atoms with Crippen molar-refractivity contribution >= 4 is 17.4 Å². The molecule has 0 radical (unpaired) electrons. The maximum Gasteiger partial charge on any atom is 0.134 e. The summed E-state index contributed by atoms with van der Waals surface area (Å²) in [5, 5.41) is 3.86. The zero-order valence-electron chi connectivity index (χ0n) is 11.1. The molecule has 17 heavy (non-hydrogen) atoms. The van der Waals surface area contributed by atoms with Gasteiger partial charge in [0.05, 0.1) is 0 Å². The first kappa shape index (κ1) is 14.2. The van der Waals surface area contributed by atoms with Crippen molar-refractivity contribution in [2.24, 2.45) is 5.92 Å². The summed E-state index contributed by atoms with van der Waals surface area (Å²) < 4.78 is 0. The van der Waals surface area contributed by atoms with Crippen LogP contribution in [0.3, 0.4) is 0 Å². The molecule has 0 aromatic carbocycles. The Bertz CT molecular complexity index is 332. The first-order valence-corrected chi connectivity index (χ1v) is 6.63. The van der Waals surface area contributed by atoms with Crippen LogP contribution >= 0.6 is 11.6 Å². The van der Waals surface area contributed by atoms with Crippen LogP contribution < -0.4 is 5.32 Å². The fraction of sp³-hybridized carbons (Fsp3) is 0.692. The molecule has 1 heterocycles. The fourth-order valence-electron chi connectivity index (χ4n) is 1.76. The molecule has 3 nitrogen and oxygen atoms in total. The molecule has 0 aliphatic carbocycles. The Hall–Kier alpha value is -0.830. The molecule has 0 fully saturated rings. The van der Waals surface area contributed by atoms with E-state index in [1.165, 1.54) is 12.8 Å².